The highest BCUT2D eigenvalue weighted by atomic mass is 16.4. The Balaban J connectivity index is 2.38. The molecule has 0 saturated carbocycles. The third-order valence-electron chi connectivity index (χ3n) is 2.19. The summed E-state index contributed by atoms with van der Waals surface area (Å²) in [7, 11) is 1.66. The van der Waals surface area contributed by atoms with Crippen molar-refractivity contribution in [2.24, 2.45) is 5.92 Å². The van der Waals surface area contributed by atoms with Crippen molar-refractivity contribution in [2.45, 2.75) is 13.8 Å². The van der Waals surface area contributed by atoms with Gasteiger partial charge in [0.25, 0.3) is 0 Å². The van der Waals surface area contributed by atoms with Gasteiger partial charge in [-0.1, -0.05) is 12.0 Å². The Morgan fingerprint density at radius 1 is 1.50 bits per heavy atom. The van der Waals surface area contributed by atoms with Gasteiger partial charge in [-0.15, -0.1) is 5.10 Å². The normalized spacial score (nSPS) is 12.4. The number of rotatable bonds is 6. The van der Waals surface area contributed by atoms with Crippen molar-refractivity contribution in [2.75, 3.05) is 25.5 Å². The lowest BCUT2D eigenvalue weighted by Gasteiger charge is -2.17. The number of aliphatic carboxylic acids is 1. The lowest BCUT2D eigenvalue weighted by Crippen LogP contribution is -2.35. The molecule has 1 rings (SSSR count). The van der Waals surface area contributed by atoms with Crippen molar-refractivity contribution in [3.8, 4) is 0 Å². The molecule has 0 spiro atoms. The zero-order chi connectivity index (χ0) is 13.7. The molecule has 8 heteroatoms. The molecule has 1 aromatic heterocycles. The Hall–Kier alpha value is -1.96. The summed E-state index contributed by atoms with van der Waals surface area (Å²) in [5, 5.41) is 18.4. The van der Waals surface area contributed by atoms with E-state index in [0.29, 0.717) is 5.89 Å². The molecule has 0 aromatic carbocycles. The molecular weight excluding hydrogens is 240 g/mol. The van der Waals surface area contributed by atoms with Gasteiger partial charge in [0.15, 0.2) is 0 Å². The summed E-state index contributed by atoms with van der Waals surface area (Å²) in [6.45, 7) is 3.53. The van der Waals surface area contributed by atoms with Crippen LogP contribution in [0.25, 0.3) is 0 Å². The summed E-state index contributed by atoms with van der Waals surface area (Å²) in [5.41, 5.74) is 0. The van der Waals surface area contributed by atoms with E-state index in [2.05, 4.69) is 15.5 Å². The number of anilines is 1. The van der Waals surface area contributed by atoms with E-state index in [-0.39, 0.29) is 25.0 Å². The summed E-state index contributed by atoms with van der Waals surface area (Å²) in [5.74, 6) is -1.40. The Bertz CT molecular complexity index is 431. The number of carbonyl (C=O) groups is 2. The van der Waals surface area contributed by atoms with Crippen LogP contribution in [0.4, 0.5) is 6.01 Å². The zero-order valence-corrected chi connectivity index (χ0v) is 10.5. The number of carbonyl (C=O) groups excluding carboxylic acids is 1. The highest BCUT2D eigenvalue weighted by Crippen LogP contribution is 2.04. The number of nitrogens with zero attached hydrogens (tertiary/aromatic N) is 3. The SMILES string of the molecule is Cc1nnc(NC(=O)CN(C)CC(C)C(=O)O)o1. The number of hydrogen-bond donors (Lipinski definition) is 2. The third kappa shape index (κ3) is 4.50. The van der Waals surface area contributed by atoms with Crippen LogP contribution in [0.15, 0.2) is 4.42 Å². The average molecular weight is 256 g/mol. The smallest absolute Gasteiger partial charge is 0.322 e. The quantitative estimate of drug-likeness (QED) is 0.735. The van der Waals surface area contributed by atoms with Crippen molar-refractivity contribution < 1.29 is 19.1 Å². The van der Waals surface area contributed by atoms with Crippen LogP contribution in [-0.4, -0.2) is 52.2 Å². The summed E-state index contributed by atoms with van der Waals surface area (Å²) in [6.07, 6.45) is 0. The largest absolute Gasteiger partial charge is 0.481 e. The van der Waals surface area contributed by atoms with E-state index < -0.39 is 11.9 Å². The second-order valence-electron chi connectivity index (χ2n) is 4.11. The fourth-order valence-electron chi connectivity index (χ4n) is 1.36. The summed E-state index contributed by atoms with van der Waals surface area (Å²) in [4.78, 5) is 23.8. The van der Waals surface area contributed by atoms with E-state index in [1.165, 1.54) is 0 Å². The highest BCUT2D eigenvalue weighted by molar-refractivity contribution is 5.90. The lowest BCUT2D eigenvalue weighted by atomic mass is 10.2. The van der Waals surface area contributed by atoms with Gasteiger partial charge in [0, 0.05) is 13.5 Å². The number of aryl methyl sites for hydroxylation is 1. The Labute approximate surface area is 104 Å². The molecule has 0 aliphatic rings. The maximum Gasteiger partial charge on any atom is 0.322 e. The second-order valence-corrected chi connectivity index (χ2v) is 4.11. The Kier molecular flexibility index (Phi) is 4.78. The van der Waals surface area contributed by atoms with Gasteiger partial charge in [-0.3, -0.25) is 19.8 Å². The van der Waals surface area contributed by atoms with Crippen LogP contribution in [0.1, 0.15) is 12.8 Å². The van der Waals surface area contributed by atoms with Gasteiger partial charge in [0.2, 0.25) is 11.8 Å². The average Bonchev–Trinajstić information content (AvgIpc) is 2.62. The van der Waals surface area contributed by atoms with Gasteiger partial charge in [0.05, 0.1) is 12.5 Å². The highest BCUT2D eigenvalue weighted by Gasteiger charge is 2.16. The number of aromatic nitrogens is 2. The van der Waals surface area contributed by atoms with E-state index >= 15 is 0 Å². The molecule has 0 aliphatic carbocycles. The molecule has 1 heterocycles. The molecule has 8 nitrogen and oxygen atoms in total. The topological polar surface area (TPSA) is 109 Å². The standard InChI is InChI=1S/C10H16N4O4/c1-6(9(16)17)4-14(3)5-8(15)11-10-13-12-7(2)18-10/h6H,4-5H2,1-3H3,(H,16,17)(H,11,13,15). The molecule has 1 unspecified atom stereocenters. The second kappa shape index (κ2) is 6.10. The molecular formula is C10H16N4O4. The molecule has 1 aromatic rings. The molecule has 18 heavy (non-hydrogen) atoms. The van der Waals surface area contributed by atoms with E-state index in [0.717, 1.165) is 0 Å². The van der Waals surface area contributed by atoms with Crippen molar-refractivity contribution in [3.05, 3.63) is 5.89 Å². The molecule has 0 aliphatic heterocycles. The zero-order valence-electron chi connectivity index (χ0n) is 10.5. The fraction of sp³-hybridized carbons (Fsp3) is 0.600. The van der Waals surface area contributed by atoms with Gasteiger partial charge >= 0.3 is 12.0 Å². The molecule has 100 valence electrons. The molecule has 0 fully saturated rings. The van der Waals surface area contributed by atoms with Gasteiger partial charge in [0.1, 0.15) is 0 Å². The van der Waals surface area contributed by atoms with Crippen molar-refractivity contribution >= 4 is 17.9 Å². The van der Waals surface area contributed by atoms with Crippen LogP contribution < -0.4 is 5.32 Å². The van der Waals surface area contributed by atoms with E-state index in [9.17, 15) is 9.59 Å². The maximum absolute atomic E-state index is 11.6. The summed E-state index contributed by atoms with van der Waals surface area (Å²) >= 11 is 0. The van der Waals surface area contributed by atoms with Crippen molar-refractivity contribution in [3.63, 3.8) is 0 Å². The van der Waals surface area contributed by atoms with Gasteiger partial charge in [-0.2, -0.15) is 0 Å². The molecule has 1 atom stereocenters. The van der Waals surface area contributed by atoms with Crippen LogP contribution in [0.5, 0.6) is 0 Å². The van der Waals surface area contributed by atoms with E-state index in [1.807, 2.05) is 0 Å². The van der Waals surface area contributed by atoms with Crippen LogP contribution in [0, 0.1) is 12.8 Å². The van der Waals surface area contributed by atoms with Gasteiger partial charge < -0.3 is 9.52 Å². The number of carboxylic acid groups (broad SMARTS) is 1. The molecule has 0 bridgehead atoms. The Morgan fingerprint density at radius 3 is 2.67 bits per heavy atom. The monoisotopic (exact) mass is 256 g/mol. The maximum atomic E-state index is 11.6. The third-order valence-corrected chi connectivity index (χ3v) is 2.19. The fourth-order valence-corrected chi connectivity index (χ4v) is 1.36. The molecule has 0 radical (unpaired) electrons. The first kappa shape index (κ1) is 14.1. The number of nitrogens with one attached hydrogen (secondary N) is 1. The minimum Gasteiger partial charge on any atom is -0.481 e. The van der Waals surface area contributed by atoms with E-state index in [1.54, 1.807) is 25.8 Å². The predicted octanol–water partition coefficient (Wildman–Crippen LogP) is -0.0310. The molecule has 1 amide bonds. The minimum atomic E-state index is -0.894. The van der Waals surface area contributed by atoms with Gasteiger partial charge in [-0.05, 0) is 7.05 Å². The summed E-state index contributed by atoms with van der Waals surface area (Å²) in [6, 6.07) is 0.0391. The number of carboxylic acids is 1. The van der Waals surface area contributed by atoms with Crippen molar-refractivity contribution in [1.82, 2.24) is 15.1 Å². The molecule has 0 saturated heterocycles. The number of likely N-dealkylation sites (N-methyl/N-ethyl adjacent to an activating group) is 1. The van der Waals surface area contributed by atoms with Gasteiger partial charge in [-0.25, -0.2) is 0 Å². The first-order chi connectivity index (χ1) is 8.38. The van der Waals surface area contributed by atoms with E-state index in [4.69, 9.17) is 9.52 Å². The number of hydrogen-bond acceptors (Lipinski definition) is 6. The molecule has 2 N–H and O–H groups in total. The first-order valence-corrected chi connectivity index (χ1v) is 5.39. The summed E-state index contributed by atoms with van der Waals surface area (Å²) < 4.78 is 4.99. The van der Waals surface area contributed by atoms with Crippen LogP contribution in [0.3, 0.4) is 0 Å². The van der Waals surface area contributed by atoms with Crippen LogP contribution in [0.2, 0.25) is 0 Å². The number of amides is 1. The predicted molar refractivity (Wildman–Crippen MR) is 62.0 cm³/mol. The van der Waals surface area contributed by atoms with Crippen LogP contribution in [-0.2, 0) is 9.59 Å². The van der Waals surface area contributed by atoms with Crippen molar-refractivity contribution in [1.29, 1.82) is 0 Å². The Morgan fingerprint density at radius 2 is 2.17 bits per heavy atom. The first-order valence-electron chi connectivity index (χ1n) is 5.39. The minimum absolute atomic E-state index is 0.0391. The lowest BCUT2D eigenvalue weighted by molar-refractivity contribution is -0.141. The van der Waals surface area contributed by atoms with Crippen LogP contribution >= 0.6 is 0 Å².